The molecule has 0 unspecified atom stereocenters. The number of anilines is 1. The number of nitrogens with one attached hydrogen (secondary N) is 1. The molecule has 2 aromatic carbocycles. The van der Waals surface area contributed by atoms with Gasteiger partial charge in [0.1, 0.15) is 18.3 Å². The maximum absolute atomic E-state index is 9.94. The van der Waals surface area contributed by atoms with Crippen LogP contribution in [0.4, 0.5) is 5.69 Å². The summed E-state index contributed by atoms with van der Waals surface area (Å²) >= 11 is 0. The molecule has 37 heavy (non-hydrogen) atoms. The van der Waals surface area contributed by atoms with Crippen LogP contribution in [-0.2, 0) is 9.47 Å². The normalized spacial score (nSPS) is 23.0. The lowest BCUT2D eigenvalue weighted by atomic mass is 10.0. The summed E-state index contributed by atoms with van der Waals surface area (Å²) in [5.41, 5.74) is 6.80. The minimum absolute atomic E-state index is 0.259. The van der Waals surface area contributed by atoms with Crippen LogP contribution in [0.2, 0.25) is 0 Å². The molecule has 0 radical (unpaired) electrons. The van der Waals surface area contributed by atoms with Crippen molar-refractivity contribution in [3.8, 4) is 28.3 Å². The van der Waals surface area contributed by atoms with Gasteiger partial charge in [0, 0.05) is 24.5 Å². The van der Waals surface area contributed by atoms with E-state index in [0.29, 0.717) is 12.5 Å². The number of pyridine rings is 1. The van der Waals surface area contributed by atoms with Crippen LogP contribution < -0.4 is 9.75 Å². The van der Waals surface area contributed by atoms with Gasteiger partial charge in [-0.3, -0.25) is 0 Å². The zero-order valence-electron chi connectivity index (χ0n) is 20.4. The Morgan fingerprint density at radius 1 is 1.00 bits per heavy atom. The Hall–Kier alpha value is -3.98. The van der Waals surface area contributed by atoms with Gasteiger partial charge in [0.25, 0.3) is 0 Å². The molecule has 0 aliphatic carbocycles. The molecule has 8 nitrogen and oxygen atoms in total. The molecule has 0 saturated carbocycles. The highest BCUT2D eigenvalue weighted by Gasteiger charge is 2.48. The Morgan fingerprint density at radius 2 is 1.70 bits per heavy atom. The van der Waals surface area contributed by atoms with Crippen molar-refractivity contribution in [3.63, 3.8) is 0 Å². The van der Waals surface area contributed by atoms with Crippen LogP contribution in [0.5, 0.6) is 5.88 Å². The van der Waals surface area contributed by atoms with E-state index in [-0.39, 0.29) is 24.9 Å². The maximum atomic E-state index is 9.94. The van der Waals surface area contributed by atoms with Gasteiger partial charge in [-0.25, -0.2) is 9.99 Å². The van der Waals surface area contributed by atoms with Crippen LogP contribution in [0.15, 0.2) is 84.1 Å². The van der Waals surface area contributed by atoms with E-state index in [1.165, 1.54) is 0 Å². The molecule has 2 fully saturated rings. The number of benzene rings is 2. The number of fused-ring (bicyclic) bond motifs is 2. The Morgan fingerprint density at radius 3 is 2.43 bits per heavy atom. The number of aliphatic hydroxyl groups is 1. The lowest BCUT2D eigenvalue weighted by molar-refractivity contribution is 0.00794. The Bertz CT molecular complexity index is 1430. The monoisotopic (exact) mass is 496 g/mol. The number of aromatic nitrogens is 2. The van der Waals surface area contributed by atoms with Gasteiger partial charge in [0.2, 0.25) is 0 Å². The van der Waals surface area contributed by atoms with Crippen LogP contribution in [0.3, 0.4) is 0 Å². The lowest BCUT2D eigenvalue weighted by Crippen LogP contribution is -2.34. The smallest absolute Gasteiger partial charge is 0.193 e. The van der Waals surface area contributed by atoms with Gasteiger partial charge in [0.15, 0.2) is 12.0 Å². The highest BCUT2D eigenvalue weighted by Crippen LogP contribution is 2.32. The van der Waals surface area contributed by atoms with Crippen LogP contribution >= 0.6 is 0 Å². The Balaban J connectivity index is 1.17. The number of ether oxygens (including phenoxy) is 3. The van der Waals surface area contributed by atoms with E-state index in [0.717, 1.165) is 39.1 Å². The quantitative estimate of drug-likeness (QED) is 0.283. The SMILES string of the molecule is C=NN(/C=C\C)c1ccc(-c2ccc(-c3ccc4[nH]c(O[C@@H]5CO[C@H]6[C@@H]5OC[C@H]6O)cc4n3)cc2)cc1. The van der Waals surface area contributed by atoms with Crippen molar-refractivity contribution in [3.05, 3.63) is 79.0 Å². The number of hydrazone groups is 1. The first kappa shape index (κ1) is 23.4. The van der Waals surface area contributed by atoms with Crippen molar-refractivity contribution in [2.45, 2.75) is 31.3 Å². The van der Waals surface area contributed by atoms with E-state index in [9.17, 15) is 5.11 Å². The third-order valence-corrected chi connectivity index (χ3v) is 6.80. The van der Waals surface area contributed by atoms with E-state index in [4.69, 9.17) is 19.2 Å². The lowest BCUT2D eigenvalue weighted by Gasteiger charge is -2.16. The van der Waals surface area contributed by atoms with Gasteiger partial charge >= 0.3 is 0 Å². The standard InChI is InChI=1S/C29H28N4O4/c1-3-14-33(30-2)21-10-8-19(9-11-21)18-4-6-20(7-5-18)22-12-13-23-24(31-22)15-27(32-23)37-26-17-36-28-25(34)16-35-29(26)28/h3-15,25-26,28-29,32,34H,2,16-17H2,1H3/b14-3-/t25-,26-,28-,29-/m1/s1. The summed E-state index contributed by atoms with van der Waals surface area (Å²) in [5, 5.41) is 15.7. The number of H-pyrrole nitrogens is 1. The molecule has 0 spiro atoms. The predicted molar refractivity (Wildman–Crippen MR) is 144 cm³/mol. The molecule has 4 aromatic rings. The highest BCUT2D eigenvalue weighted by molar-refractivity contribution is 5.81. The molecular formula is C29H28N4O4. The second kappa shape index (κ2) is 9.82. The minimum Gasteiger partial charge on any atom is -0.470 e. The summed E-state index contributed by atoms with van der Waals surface area (Å²) in [6.45, 7) is 6.23. The van der Waals surface area contributed by atoms with E-state index in [2.05, 4.69) is 53.2 Å². The Labute approximate surface area is 214 Å². The molecule has 4 heterocycles. The number of rotatable bonds is 7. The number of aromatic amines is 1. The first-order valence-corrected chi connectivity index (χ1v) is 12.3. The summed E-state index contributed by atoms with van der Waals surface area (Å²) in [6, 6.07) is 22.5. The van der Waals surface area contributed by atoms with Crippen LogP contribution in [0, 0.1) is 0 Å². The first-order chi connectivity index (χ1) is 18.1. The van der Waals surface area contributed by atoms with Crippen LogP contribution in [0.25, 0.3) is 33.4 Å². The maximum Gasteiger partial charge on any atom is 0.193 e. The number of nitrogens with zero attached hydrogens (tertiary/aromatic N) is 3. The predicted octanol–water partition coefficient (Wildman–Crippen LogP) is 4.76. The van der Waals surface area contributed by atoms with E-state index < -0.39 is 6.10 Å². The molecule has 6 rings (SSSR count). The number of hydrogen-bond acceptors (Lipinski definition) is 7. The zero-order valence-corrected chi connectivity index (χ0v) is 20.4. The molecule has 2 aliphatic rings. The van der Waals surface area contributed by atoms with Gasteiger partial charge in [0.05, 0.1) is 35.6 Å². The van der Waals surface area contributed by atoms with Crippen molar-refractivity contribution in [2.24, 2.45) is 5.10 Å². The van der Waals surface area contributed by atoms with E-state index in [1.807, 2.05) is 49.5 Å². The second-order valence-corrected chi connectivity index (χ2v) is 9.18. The number of allylic oxidation sites excluding steroid dienone is 1. The number of hydrogen-bond donors (Lipinski definition) is 2. The van der Waals surface area contributed by atoms with Crippen LogP contribution in [-0.4, -0.2) is 59.4 Å². The Kier molecular flexibility index (Phi) is 6.21. The average Bonchev–Trinajstić information content (AvgIpc) is 3.63. The number of aliphatic hydroxyl groups excluding tert-OH is 1. The molecule has 2 aliphatic heterocycles. The fourth-order valence-corrected chi connectivity index (χ4v) is 4.91. The van der Waals surface area contributed by atoms with Gasteiger partial charge in [-0.05, 0) is 42.3 Å². The van der Waals surface area contributed by atoms with Crippen molar-refractivity contribution in [1.29, 1.82) is 0 Å². The molecule has 2 N–H and O–H groups in total. The third-order valence-electron chi connectivity index (χ3n) is 6.80. The van der Waals surface area contributed by atoms with Gasteiger partial charge in [-0.1, -0.05) is 42.5 Å². The summed E-state index contributed by atoms with van der Waals surface area (Å²) in [4.78, 5) is 8.11. The largest absolute Gasteiger partial charge is 0.470 e. The molecule has 8 heteroatoms. The summed E-state index contributed by atoms with van der Waals surface area (Å²) in [7, 11) is 0. The fourth-order valence-electron chi connectivity index (χ4n) is 4.91. The fraction of sp³-hybridized carbons (Fsp3) is 0.241. The highest BCUT2D eigenvalue weighted by atomic mass is 16.6. The summed E-state index contributed by atoms with van der Waals surface area (Å²) in [6.07, 6.45) is 2.34. The van der Waals surface area contributed by atoms with Gasteiger partial charge < -0.3 is 24.3 Å². The summed E-state index contributed by atoms with van der Waals surface area (Å²) < 4.78 is 17.4. The zero-order chi connectivity index (χ0) is 25.4. The summed E-state index contributed by atoms with van der Waals surface area (Å²) in [5.74, 6) is 0.609. The first-order valence-electron chi connectivity index (χ1n) is 12.3. The topological polar surface area (TPSA) is 92.2 Å². The molecule has 4 atom stereocenters. The molecular weight excluding hydrogens is 468 g/mol. The van der Waals surface area contributed by atoms with Crippen molar-refractivity contribution in [2.75, 3.05) is 18.2 Å². The van der Waals surface area contributed by atoms with Crippen LogP contribution in [0.1, 0.15) is 6.92 Å². The van der Waals surface area contributed by atoms with Crippen molar-refractivity contribution < 1.29 is 19.3 Å². The molecule has 188 valence electrons. The van der Waals surface area contributed by atoms with Gasteiger partial charge in [-0.15, -0.1) is 0 Å². The molecule has 0 amide bonds. The average molecular weight is 497 g/mol. The molecule has 2 aromatic heterocycles. The van der Waals surface area contributed by atoms with E-state index in [1.54, 1.807) is 5.01 Å². The molecule has 2 saturated heterocycles. The minimum atomic E-state index is -0.598. The van der Waals surface area contributed by atoms with Crippen molar-refractivity contribution >= 4 is 23.4 Å². The third kappa shape index (κ3) is 4.51. The van der Waals surface area contributed by atoms with Crippen molar-refractivity contribution in [1.82, 2.24) is 9.97 Å². The molecule has 0 bridgehead atoms. The van der Waals surface area contributed by atoms with Gasteiger partial charge in [-0.2, -0.15) is 5.10 Å². The second-order valence-electron chi connectivity index (χ2n) is 9.18. The van der Waals surface area contributed by atoms with E-state index >= 15 is 0 Å².